The molecule has 0 aliphatic rings. The summed E-state index contributed by atoms with van der Waals surface area (Å²) in [5.74, 6) is -47.2. The molecule has 0 spiro atoms. The second kappa shape index (κ2) is 8.70. The molecule has 3 aromatic carbocycles. The number of rotatable bonds is 3. The molecule has 3 aromatic rings. The quantitative estimate of drug-likeness (QED) is 0.214. The molecule has 0 saturated heterocycles. The summed E-state index contributed by atoms with van der Waals surface area (Å²) in [5.41, 5.74) is 0. The van der Waals surface area contributed by atoms with Gasteiger partial charge in [-0.2, -0.15) is 0 Å². The van der Waals surface area contributed by atoms with Gasteiger partial charge in [0.1, 0.15) is 0 Å². The molecule has 0 bridgehead atoms. The van der Waals surface area contributed by atoms with Gasteiger partial charge in [-0.3, -0.25) is 0 Å². The predicted molar refractivity (Wildman–Crippen MR) is 85.6 cm³/mol. The Morgan fingerprint density at radius 3 is 0.514 bits per heavy atom. The molecule has 0 aliphatic heterocycles. The Morgan fingerprint density at radius 2 is 0.371 bits per heavy atom. The molecule has 1 N–H and O–H groups in total. The molecule has 0 aliphatic carbocycles. The van der Waals surface area contributed by atoms with E-state index in [-0.39, 0.29) is 0 Å². The van der Waals surface area contributed by atoms with E-state index in [1.54, 1.807) is 0 Å². The van der Waals surface area contributed by atoms with Crippen molar-refractivity contribution in [1.82, 2.24) is 0 Å². The van der Waals surface area contributed by atoms with E-state index in [0.29, 0.717) is 0 Å². The Bertz CT molecular complexity index is 1170. The fraction of sp³-hybridized carbons (Fsp3) is 0. The van der Waals surface area contributed by atoms with Gasteiger partial charge in [-0.15, -0.1) is 0 Å². The van der Waals surface area contributed by atoms with Crippen molar-refractivity contribution in [2.75, 3.05) is 0 Å². The van der Waals surface area contributed by atoms with Crippen molar-refractivity contribution in [1.29, 1.82) is 0 Å². The molecule has 0 radical (unpaired) electrons. The number of benzene rings is 3. The first-order chi connectivity index (χ1) is 16.0. The third kappa shape index (κ3) is 3.50. The van der Waals surface area contributed by atoms with Gasteiger partial charge >= 0.3 is 185 Å². The normalized spacial score (nSPS) is 12.0. The van der Waals surface area contributed by atoms with Gasteiger partial charge in [-0.1, -0.05) is 0 Å². The summed E-state index contributed by atoms with van der Waals surface area (Å²) in [4.78, 5) is 0. The molecule has 1 nitrogen and oxygen atoms in total. The maximum atomic E-state index is 14.5. The van der Waals surface area contributed by atoms with Gasteiger partial charge in [0, 0.05) is 0 Å². The van der Waals surface area contributed by atoms with Gasteiger partial charge in [0.05, 0.1) is 0 Å². The van der Waals surface area contributed by atoms with E-state index in [1.807, 2.05) is 0 Å². The average molecular weight is 588 g/mol. The Labute approximate surface area is 185 Å². The molecule has 35 heavy (non-hydrogen) atoms. The first-order valence-corrected chi connectivity index (χ1v) is 13.2. The van der Waals surface area contributed by atoms with Crippen LogP contribution in [0.5, 0.6) is 0 Å². The first kappa shape index (κ1) is 26.8. The second-order valence-corrected chi connectivity index (χ2v) is 13.8. The number of hydrogen-bond acceptors (Lipinski definition) is 1. The van der Waals surface area contributed by atoms with Crippen LogP contribution in [-0.2, 0) is 0 Å². The summed E-state index contributed by atoms with van der Waals surface area (Å²) in [6.07, 6.45) is 0. The second-order valence-electron chi connectivity index (χ2n) is 6.77. The van der Waals surface area contributed by atoms with Crippen molar-refractivity contribution in [3.63, 3.8) is 0 Å². The van der Waals surface area contributed by atoms with Gasteiger partial charge in [-0.25, -0.2) is 0 Å². The third-order valence-electron chi connectivity index (χ3n) is 4.98. The molecule has 0 amide bonds. The molecule has 0 aromatic heterocycles. The minimum atomic E-state index is -8.58. The van der Waals surface area contributed by atoms with Crippen molar-refractivity contribution < 1.29 is 69.8 Å². The fourth-order valence-electron chi connectivity index (χ4n) is 3.40. The Kier molecular flexibility index (Phi) is 6.66. The van der Waals surface area contributed by atoms with E-state index in [4.69, 9.17) is 0 Å². The van der Waals surface area contributed by atoms with Crippen LogP contribution >= 0.6 is 0 Å². The van der Waals surface area contributed by atoms with Crippen LogP contribution in [0.2, 0.25) is 0 Å². The fourth-order valence-corrected chi connectivity index (χ4v) is 11.4. The zero-order chi connectivity index (χ0) is 26.9. The van der Waals surface area contributed by atoms with E-state index in [9.17, 15) is 69.8 Å². The van der Waals surface area contributed by atoms with E-state index in [2.05, 4.69) is 0 Å². The van der Waals surface area contributed by atoms with Crippen molar-refractivity contribution in [3.05, 3.63) is 87.3 Å². The SMILES string of the molecule is [OH][Ga-]([c]1c(F)c(F)c(F)c(F)c1F)([c]1c(F)c(F)c(F)c(F)c1F)[c]1c(F)c(F)c(F)c(F)c1F. The van der Waals surface area contributed by atoms with Gasteiger partial charge in [-0.05, 0) is 0 Å². The molecule has 0 atom stereocenters. The monoisotopic (exact) mass is 587 g/mol. The van der Waals surface area contributed by atoms with E-state index in [0.717, 1.165) is 0 Å². The standard InChI is InChI=1S/3C6F5.Ga.H2O/c3*7-2-1-3(8)5(10)6(11)4(2)9;;/h;;;;1H2/p-1. The van der Waals surface area contributed by atoms with Crippen LogP contribution in [0.25, 0.3) is 0 Å². The molecule has 188 valence electrons. The predicted octanol–water partition coefficient (Wildman–Crippen LogP) is 3.73. The van der Waals surface area contributed by atoms with E-state index >= 15 is 0 Å². The van der Waals surface area contributed by atoms with Crippen molar-refractivity contribution >= 4 is 27.7 Å². The van der Waals surface area contributed by atoms with Crippen LogP contribution in [0.4, 0.5) is 65.9 Å². The molecular formula is C18HF15GaO-. The first-order valence-electron chi connectivity index (χ1n) is 8.46. The van der Waals surface area contributed by atoms with Gasteiger partial charge in [0.15, 0.2) is 0 Å². The van der Waals surface area contributed by atoms with Crippen molar-refractivity contribution in [2.45, 2.75) is 0 Å². The van der Waals surface area contributed by atoms with Crippen LogP contribution < -0.4 is 12.4 Å². The Morgan fingerprint density at radius 1 is 0.257 bits per heavy atom. The summed E-state index contributed by atoms with van der Waals surface area (Å²) in [6.45, 7) is 0. The number of hydrogen-bond donors (Lipinski definition) is 1. The van der Waals surface area contributed by atoms with Crippen LogP contribution in [0.15, 0.2) is 0 Å². The van der Waals surface area contributed by atoms with E-state index < -0.39 is 115 Å². The minimum absolute atomic E-state index is 2.94. The van der Waals surface area contributed by atoms with Crippen LogP contribution in [0, 0.1) is 87.3 Å². The third-order valence-corrected chi connectivity index (χ3v) is 13.4. The summed E-state index contributed by atoms with van der Waals surface area (Å²) in [5, 5.41) is 0. The zero-order valence-electron chi connectivity index (χ0n) is 15.7. The summed E-state index contributed by atoms with van der Waals surface area (Å²) < 4.78 is 212. The summed E-state index contributed by atoms with van der Waals surface area (Å²) >= 11 is -8.58. The van der Waals surface area contributed by atoms with Crippen LogP contribution in [0.3, 0.4) is 0 Å². The van der Waals surface area contributed by atoms with Gasteiger partial charge in [0.25, 0.3) is 0 Å². The van der Waals surface area contributed by atoms with Crippen molar-refractivity contribution in [2.24, 2.45) is 0 Å². The van der Waals surface area contributed by atoms with Gasteiger partial charge < -0.3 is 0 Å². The summed E-state index contributed by atoms with van der Waals surface area (Å²) in [7, 11) is 0. The molecule has 0 unspecified atom stereocenters. The topological polar surface area (TPSA) is 20.2 Å². The average Bonchev–Trinajstić information content (AvgIpc) is 2.81. The van der Waals surface area contributed by atoms with Crippen LogP contribution in [0.1, 0.15) is 0 Å². The van der Waals surface area contributed by atoms with Crippen molar-refractivity contribution in [3.8, 4) is 0 Å². The van der Waals surface area contributed by atoms with Gasteiger partial charge in [0.2, 0.25) is 0 Å². The Hall–Kier alpha value is -2.79. The molecule has 0 saturated carbocycles. The maximum absolute atomic E-state index is 14.5. The number of halogens is 15. The molecular weight excluding hydrogens is 587 g/mol. The Balaban J connectivity index is 2.78. The zero-order valence-corrected chi connectivity index (χ0v) is 18.1. The van der Waals surface area contributed by atoms with E-state index in [1.165, 1.54) is 0 Å². The molecule has 17 heteroatoms. The summed E-state index contributed by atoms with van der Waals surface area (Å²) in [6, 6.07) is 0. The molecule has 0 heterocycles. The molecule has 3 rings (SSSR count). The van der Waals surface area contributed by atoms with Crippen LogP contribution in [-0.4, -0.2) is 19.3 Å². The molecule has 0 fully saturated rings.